The number of carbonyl (C=O) groups excluding carboxylic acids is 1. The van der Waals surface area contributed by atoms with Gasteiger partial charge in [0.2, 0.25) is 0 Å². The summed E-state index contributed by atoms with van der Waals surface area (Å²) in [5, 5.41) is 0.388. The fraction of sp³-hybridized carbons (Fsp3) is 0.0833. The number of rotatable bonds is 3. The summed E-state index contributed by atoms with van der Waals surface area (Å²) in [5.74, 6) is 4.67. The minimum absolute atomic E-state index is 0.330. The topological polar surface area (TPSA) is 90.0 Å². The van der Waals surface area contributed by atoms with Gasteiger partial charge in [-0.3, -0.25) is 14.8 Å². The second kappa shape index (κ2) is 5.64. The lowest BCUT2D eigenvalue weighted by molar-refractivity contribution is 0.0953. The van der Waals surface area contributed by atoms with Crippen molar-refractivity contribution >= 4 is 17.5 Å². The maximum atomic E-state index is 11.5. The average molecular weight is 279 g/mol. The molecule has 0 aliphatic carbocycles. The molecule has 0 saturated heterocycles. The van der Waals surface area contributed by atoms with Crippen molar-refractivity contribution in [2.45, 2.75) is 6.54 Å². The van der Waals surface area contributed by atoms with Crippen LogP contribution in [0.3, 0.4) is 0 Å². The molecular formula is C12H11ClN4O2. The lowest BCUT2D eigenvalue weighted by Gasteiger charge is -2.06. The predicted molar refractivity (Wildman–Crippen MR) is 70.7 cm³/mol. The van der Waals surface area contributed by atoms with Crippen LogP contribution in [0.15, 0.2) is 41.5 Å². The minimum atomic E-state index is -0.381. The summed E-state index contributed by atoms with van der Waals surface area (Å²) in [6.45, 7) is 0.330. The Morgan fingerprint density at radius 2 is 2.05 bits per heavy atom. The zero-order chi connectivity index (χ0) is 13.8. The van der Waals surface area contributed by atoms with Crippen LogP contribution in [-0.2, 0) is 6.54 Å². The number of hydrazine groups is 1. The molecule has 0 bridgehead atoms. The molecule has 0 fully saturated rings. The van der Waals surface area contributed by atoms with E-state index in [1.165, 1.54) is 17.0 Å². The van der Waals surface area contributed by atoms with Crippen molar-refractivity contribution in [1.82, 2.24) is 15.0 Å². The van der Waals surface area contributed by atoms with E-state index in [2.05, 4.69) is 4.98 Å². The van der Waals surface area contributed by atoms with Gasteiger partial charge in [-0.05, 0) is 17.7 Å². The highest BCUT2D eigenvalue weighted by atomic mass is 35.5. The molecule has 0 unspecified atom stereocenters. The monoisotopic (exact) mass is 278 g/mol. The molecule has 6 nitrogen and oxygen atoms in total. The Bertz CT molecular complexity index is 652. The van der Waals surface area contributed by atoms with Crippen LogP contribution < -0.4 is 17.0 Å². The van der Waals surface area contributed by atoms with E-state index in [0.29, 0.717) is 17.1 Å². The normalized spacial score (nSPS) is 10.2. The highest BCUT2D eigenvalue weighted by Gasteiger charge is 2.04. The molecule has 2 aromatic rings. The summed E-state index contributed by atoms with van der Waals surface area (Å²) >= 11 is 5.78. The number of nitrogens with zero attached hydrogens (tertiary/aromatic N) is 2. The molecule has 0 spiro atoms. The van der Waals surface area contributed by atoms with Crippen molar-refractivity contribution in [3.8, 4) is 0 Å². The molecular weight excluding hydrogens is 268 g/mol. The highest BCUT2D eigenvalue weighted by Crippen LogP contribution is 2.07. The summed E-state index contributed by atoms with van der Waals surface area (Å²) in [6.07, 6.45) is 2.81. The third kappa shape index (κ3) is 3.18. The average Bonchev–Trinajstić information content (AvgIpc) is 2.43. The van der Waals surface area contributed by atoms with Gasteiger partial charge in [-0.25, -0.2) is 15.6 Å². The van der Waals surface area contributed by atoms with E-state index in [-0.39, 0.29) is 11.6 Å². The molecule has 3 N–H and O–H groups in total. The van der Waals surface area contributed by atoms with Crippen molar-refractivity contribution in [3.05, 3.63) is 63.3 Å². The quantitative estimate of drug-likeness (QED) is 0.487. The molecule has 0 aliphatic heterocycles. The Hall–Kier alpha value is -2.18. The Kier molecular flexibility index (Phi) is 3.94. The first-order valence-electron chi connectivity index (χ1n) is 5.42. The predicted octanol–water partition coefficient (Wildman–Crippen LogP) is 0.548. The van der Waals surface area contributed by atoms with E-state index >= 15 is 0 Å². The van der Waals surface area contributed by atoms with Crippen molar-refractivity contribution in [3.63, 3.8) is 0 Å². The Labute approximate surface area is 113 Å². The molecule has 0 radical (unpaired) electrons. The fourth-order valence-electron chi connectivity index (χ4n) is 1.58. The maximum Gasteiger partial charge on any atom is 0.347 e. The van der Waals surface area contributed by atoms with Crippen molar-refractivity contribution in [1.29, 1.82) is 0 Å². The summed E-state index contributed by atoms with van der Waals surface area (Å²) in [7, 11) is 0. The van der Waals surface area contributed by atoms with Crippen LogP contribution in [0.25, 0.3) is 0 Å². The largest absolute Gasteiger partial charge is 0.347 e. The van der Waals surface area contributed by atoms with E-state index in [4.69, 9.17) is 17.4 Å². The first-order chi connectivity index (χ1) is 9.10. The number of benzene rings is 1. The van der Waals surface area contributed by atoms with Gasteiger partial charge in [0, 0.05) is 11.8 Å². The molecule has 19 heavy (non-hydrogen) atoms. The van der Waals surface area contributed by atoms with Crippen molar-refractivity contribution < 1.29 is 4.79 Å². The summed E-state index contributed by atoms with van der Waals surface area (Å²) < 4.78 is 1.39. The third-order valence-corrected chi connectivity index (χ3v) is 2.72. The number of nitrogens with two attached hydrogens (primary N) is 1. The smallest absolute Gasteiger partial charge is 0.293 e. The second-order valence-electron chi connectivity index (χ2n) is 3.85. The molecule has 98 valence electrons. The second-order valence-corrected chi connectivity index (χ2v) is 4.29. The summed E-state index contributed by atoms with van der Waals surface area (Å²) in [5.41, 5.74) is 2.96. The number of hydrogen-bond acceptors (Lipinski definition) is 4. The fourth-order valence-corrected chi connectivity index (χ4v) is 1.75. The number of amides is 1. The molecule has 0 saturated carbocycles. The van der Waals surface area contributed by atoms with Crippen LogP contribution in [0, 0.1) is 0 Å². The zero-order valence-corrected chi connectivity index (χ0v) is 10.6. The van der Waals surface area contributed by atoms with Gasteiger partial charge >= 0.3 is 5.69 Å². The van der Waals surface area contributed by atoms with Crippen molar-refractivity contribution in [2.24, 2.45) is 5.84 Å². The minimum Gasteiger partial charge on any atom is -0.293 e. The molecule has 0 atom stereocenters. The van der Waals surface area contributed by atoms with Gasteiger partial charge in [0.25, 0.3) is 5.91 Å². The van der Waals surface area contributed by atoms with Crippen LogP contribution in [0.5, 0.6) is 0 Å². The van der Waals surface area contributed by atoms with Gasteiger partial charge < -0.3 is 0 Å². The van der Waals surface area contributed by atoms with E-state index in [0.717, 1.165) is 5.56 Å². The molecule has 7 heteroatoms. The number of hydrogen-bond donors (Lipinski definition) is 2. The third-order valence-electron chi connectivity index (χ3n) is 2.52. The lowest BCUT2D eigenvalue weighted by atomic mass is 10.1. The SMILES string of the molecule is NNC(=O)c1ccc(Cn2cc(Cl)cnc2=O)cc1. The molecule has 2 rings (SSSR count). The zero-order valence-electron chi connectivity index (χ0n) is 9.84. The molecule has 1 amide bonds. The Morgan fingerprint density at radius 3 is 2.68 bits per heavy atom. The number of halogens is 1. The first kappa shape index (κ1) is 13.3. The van der Waals surface area contributed by atoms with Crippen molar-refractivity contribution in [2.75, 3.05) is 0 Å². The molecule has 1 aromatic carbocycles. The van der Waals surface area contributed by atoms with Gasteiger partial charge in [0.15, 0.2) is 0 Å². The highest BCUT2D eigenvalue weighted by molar-refractivity contribution is 6.30. The standard InChI is InChI=1S/C12H11ClN4O2/c13-10-5-15-12(19)17(7-10)6-8-1-3-9(4-2-8)11(18)16-14/h1-5,7H,6,14H2,(H,16,18). The van der Waals surface area contributed by atoms with Gasteiger partial charge in [-0.15, -0.1) is 0 Å². The van der Waals surface area contributed by atoms with E-state index in [9.17, 15) is 9.59 Å². The van der Waals surface area contributed by atoms with Gasteiger partial charge in [-0.1, -0.05) is 23.7 Å². The number of aromatic nitrogens is 2. The summed E-state index contributed by atoms with van der Waals surface area (Å²) in [4.78, 5) is 26.4. The lowest BCUT2D eigenvalue weighted by Crippen LogP contribution is -2.29. The van der Waals surface area contributed by atoms with E-state index < -0.39 is 0 Å². The molecule has 0 aliphatic rings. The van der Waals surface area contributed by atoms with Crippen LogP contribution in [0.2, 0.25) is 5.02 Å². The summed E-state index contributed by atoms with van der Waals surface area (Å²) in [6, 6.07) is 6.72. The van der Waals surface area contributed by atoms with Crippen LogP contribution >= 0.6 is 11.6 Å². The van der Waals surface area contributed by atoms with Crippen LogP contribution in [0.1, 0.15) is 15.9 Å². The van der Waals surface area contributed by atoms with Gasteiger partial charge in [0.1, 0.15) is 0 Å². The van der Waals surface area contributed by atoms with Gasteiger partial charge in [0.05, 0.1) is 17.8 Å². The first-order valence-corrected chi connectivity index (χ1v) is 5.80. The van der Waals surface area contributed by atoms with Gasteiger partial charge in [-0.2, -0.15) is 0 Å². The number of nitrogens with one attached hydrogen (secondary N) is 1. The maximum absolute atomic E-state index is 11.5. The number of nitrogen functional groups attached to an aromatic ring is 1. The van der Waals surface area contributed by atoms with E-state index in [1.54, 1.807) is 24.3 Å². The van der Waals surface area contributed by atoms with Crippen LogP contribution in [-0.4, -0.2) is 15.5 Å². The Balaban J connectivity index is 2.22. The van der Waals surface area contributed by atoms with Crippen LogP contribution in [0.4, 0.5) is 0 Å². The molecule has 1 heterocycles. The Morgan fingerprint density at radius 1 is 1.37 bits per heavy atom. The molecule has 1 aromatic heterocycles. The van der Waals surface area contributed by atoms with E-state index in [1.807, 2.05) is 5.43 Å². The number of carbonyl (C=O) groups is 1.